The van der Waals surface area contributed by atoms with Crippen LogP contribution < -0.4 is 14.8 Å². The Morgan fingerprint density at radius 1 is 0.929 bits per heavy atom. The van der Waals surface area contributed by atoms with Crippen LogP contribution in [0.2, 0.25) is 0 Å². The minimum absolute atomic E-state index is 0.0271. The summed E-state index contributed by atoms with van der Waals surface area (Å²) in [5.41, 5.74) is 1.39. The molecule has 0 unspecified atom stereocenters. The van der Waals surface area contributed by atoms with Crippen LogP contribution in [-0.4, -0.2) is 14.4 Å². The van der Waals surface area contributed by atoms with Gasteiger partial charge in [0.05, 0.1) is 14.7 Å². The number of nitrogens with one attached hydrogen (secondary N) is 2. The molecule has 0 fully saturated rings. The number of fused-ring (bicyclic) bond motifs is 2. The number of urea groups is 1. The van der Waals surface area contributed by atoms with Crippen LogP contribution in [0.25, 0.3) is 0 Å². The van der Waals surface area contributed by atoms with E-state index in [1.807, 2.05) is 35.9 Å². The van der Waals surface area contributed by atoms with Gasteiger partial charge in [-0.05, 0) is 49.4 Å². The summed E-state index contributed by atoms with van der Waals surface area (Å²) < 4.78 is 32.5. The highest BCUT2D eigenvalue weighted by Gasteiger charge is 2.20. The smallest absolute Gasteiger partial charge is 0.333 e. The third-order valence-electron chi connectivity index (χ3n) is 4.05. The Balaban J connectivity index is 1.48. The Kier molecular flexibility index (Phi) is 4.74. The first kappa shape index (κ1) is 18.4. The third kappa shape index (κ3) is 3.83. The predicted molar refractivity (Wildman–Crippen MR) is 108 cm³/mol. The lowest BCUT2D eigenvalue weighted by molar-refractivity contribution is 0.256. The molecule has 3 aromatic carbocycles. The van der Waals surface area contributed by atoms with Crippen molar-refractivity contribution in [2.75, 3.05) is 5.32 Å². The second kappa shape index (κ2) is 7.21. The average Bonchev–Trinajstić information content (AvgIpc) is 2.66. The maximum Gasteiger partial charge on any atom is 0.333 e. The van der Waals surface area contributed by atoms with Gasteiger partial charge in [0.1, 0.15) is 11.5 Å². The minimum Gasteiger partial charge on any atom is -0.455 e. The lowest BCUT2D eigenvalue weighted by atomic mass is 10.2. The van der Waals surface area contributed by atoms with Gasteiger partial charge in [0.2, 0.25) is 0 Å². The van der Waals surface area contributed by atoms with Gasteiger partial charge in [-0.25, -0.2) is 17.9 Å². The monoisotopic (exact) mass is 412 g/mol. The summed E-state index contributed by atoms with van der Waals surface area (Å²) in [6, 6.07) is 18.2. The molecule has 0 spiro atoms. The molecule has 4 rings (SSSR count). The van der Waals surface area contributed by atoms with Crippen LogP contribution >= 0.6 is 11.8 Å². The Bertz CT molecular complexity index is 1160. The van der Waals surface area contributed by atoms with Gasteiger partial charge < -0.3 is 10.1 Å². The van der Waals surface area contributed by atoms with E-state index in [0.717, 1.165) is 21.1 Å². The van der Waals surface area contributed by atoms with Gasteiger partial charge in [-0.1, -0.05) is 41.6 Å². The van der Waals surface area contributed by atoms with Gasteiger partial charge in [0.25, 0.3) is 10.0 Å². The average molecular weight is 412 g/mol. The molecule has 8 heteroatoms. The molecule has 0 bridgehead atoms. The fourth-order valence-corrected chi connectivity index (χ4v) is 4.56. The summed E-state index contributed by atoms with van der Waals surface area (Å²) in [6.45, 7) is 1.85. The molecule has 3 aromatic rings. The molecule has 2 N–H and O–H groups in total. The fraction of sp³-hybridized carbons (Fsp3) is 0.0500. The maximum atomic E-state index is 12.3. The highest BCUT2D eigenvalue weighted by Crippen LogP contribution is 2.47. The number of aryl methyl sites for hydroxylation is 1. The molecular formula is C20H16N2O4S2. The second-order valence-corrected chi connectivity index (χ2v) is 8.95. The maximum absolute atomic E-state index is 12.3. The SMILES string of the molecule is Cc1ccc(S(=O)(=O)NC(=O)Nc2ccc3c(c2)Sc2ccccc2O3)cc1. The van der Waals surface area contributed by atoms with Crippen molar-refractivity contribution in [1.82, 2.24) is 4.72 Å². The summed E-state index contributed by atoms with van der Waals surface area (Å²) in [5.74, 6) is 1.46. The van der Waals surface area contributed by atoms with Crippen LogP contribution in [0.15, 0.2) is 81.4 Å². The first-order valence-electron chi connectivity index (χ1n) is 8.40. The zero-order valence-corrected chi connectivity index (χ0v) is 16.4. The number of amides is 2. The van der Waals surface area contributed by atoms with E-state index in [9.17, 15) is 13.2 Å². The number of sulfonamides is 1. The third-order valence-corrected chi connectivity index (χ3v) is 6.49. The van der Waals surface area contributed by atoms with Crippen molar-refractivity contribution in [1.29, 1.82) is 0 Å². The highest BCUT2D eigenvalue weighted by atomic mass is 32.2. The summed E-state index contributed by atoms with van der Waals surface area (Å²) in [7, 11) is -3.95. The van der Waals surface area contributed by atoms with Crippen LogP contribution in [0.3, 0.4) is 0 Å². The molecule has 1 aliphatic rings. The Labute approximate surface area is 167 Å². The van der Waals surface area contributed by atoms with Crippen molar-refractivity contribution in [2.24, 2.45) is 0 Å². The predicted octanol–water partition coefficient (Wildman–Crippen LogP) is 4.76. The second-order valence-electron chi connectivity index (χ2n) is 6.19. The van der Waals surface area contributed by atoms with Crippen molar-refractivity contribution in [3.63, 3.8) is 0 Å². The van der Waals surface area contributed by atoms with Crippen LogP contribution in [0.1, 0.15) is 5.56 Å². The standard InChI is InChI=1S/C20H16N2O4S2/c1-13-6-9-15(10-7-13)28(24,25)22-20(23)21-14-8-11-17-19(12-14)27-18-5-3-2-4-16(18)26-17/h2-12H,1H3,(H2,21,22,23). The van der Waals surface area contributed by atoms with E-state index in [-0.39, 0.29) is 4.90 Å². The van der Waals surface area contributed by atoms with Crippen LogP contribution in [0, 0.1) is 6.92 Å². The summed E-state index contributed by atoms with van der Waals surface area (Å²) in [4.78, 5) is 14.0. The number of carbonyl (C=O) groups excluding carboxylic acids is 1. The summed E-state index contributed by atoms with van der Waals surface area (Å²) >= 11 is 1.52. The molecule has 6 nitrogen and oxygen atoms in total. The van der Waals surface area contributed by atoms with Crippen molar-refractivity contribution < 1.29 is 17.9 Å². The van der Waals surface area contributed by atoms with E-state index >= 15 is 0 Å². The highest BCUT2D eigenvalue weighted by molar-refractivity contribution is 7.99. The zero-order chi connectivity index (χ0) is 19.7. The van der Waals surface area contributed by atoms with Crippen molar-refractivity contribution in [2.45, 2.75) is 21.6 Å². The normalized spacial score (nSPS) is 12.3. The topological polar surface area (TPSA) is 84.5 Å². The largest absolute Gasteiger partial charge is 0.455 e. The van der Waals surface area contributed by atoms with E-state index in [2.05, 4.69) is 5.32 Å². The lowest BCUT2D eigenvalue weighted by Crippen LogP contribution is -2.34. The minimum atomic E-state index is -3.95. The fourth-order valence-electron chi connectivity index (χ4n) is 2.66. The van der Waals surface area contributed by atoms with Gasteiger partial charge in [0.15, 0.2) is 0 Å². The molecule has 28 heavy (non-hydrogen) atoms. The number of para-hydroxylation sites is 1. The number of rotatable bonds is 3. The van der Waals surface area contributed by atoms with Gasteiger partial charge in [0, 0.05) is 5.69 Å². The zero-order valence-electron chi connectivity index (χ0n) is 14.8. The van der Waals surface area contributed by atoms with Crippen molar-refractivity contribution >= 4 is 33.5 Å². The number of hydrogen-bond acceptors (Lipinski definition) is 5. The van der Waals surface area contributed by atoms with Crippen molar-refractivity contribution in [3.8, 4) is 11.5 Å². The number of hydrogen-bond donors (Lipinski definition) is 2. The molecule has 0 atom stereocenters. The van der Waals surface area contributed by atoms with E-state index < -0.39 is 16.1 Å². The molecule has 0 saturated heterocycles. The van der Waals surface area contributed by atoms with Crippen LogP contribution in [0.4, 0.5) is 10.5 Å². The van der Waals surface area contributed by atoms with E-state index in [1.165, 1.54) is 23.9 Å². The first-order valence-corrected chi connectivity index (χ1v) is 10.7. The molecule has 142 valence electrons. The summed E-state index contributed by atoms with van der Waals surface area (Å²) in [5, 5.41) is 2.56. The Morgan fingerprint density at radius 3 is 2.43 bits per heavy atom. The van der Waals surface area contributed by atoms with E-state index in [4.69, 9.17) is 4.74 Å². The molecule has 1 heterocycles. The van der Waals surface area contributed by atoms with Gasteiger partial charge in [-0.2, -0.15) is 0 Å². The molecule has 0 saturated carbocycles. The van der Waals surface area contributed by atoms with Crippen LogP contribution in [-0.2, 0) is 10.0 Å². The van der Waals surface area contributed by atoms with Gasteiger partial charge in [-0.15, -0.1) is 0 Å². The molecule has 0 aromatic heterocycles. The number of ether oxygens (including phenoxy) is 1. The summed E-state index contributed by atoms with van der Waals surface area (Å²) in [6.07, 6.45) is 0. The quantitative estimate of drug-likeness (QED) is 0.507. The van der Waals surface area contributed by atoms with Crippen LogP contribution in [0.5, 0.6) is 11.5 Å². The lowest BCUT2D eigenvalue weighted by Gasteiger charge is -2.20. The molecule has 2 amide bonds. The van der Waals surface area contributed by atoms with E-state index in [1.54, 1.807) is 30.3 Å². The number of benzene rings is 3. The van der Waals surface area contributed by atoms with Gasteiger partial charge in [-0.3, -0.25) is 0 Å². The Morgan fingerprint density at radius 2 is 1.64 bits per heavy atom. The first-order chi connectivity index (χ1) is 13.4. The van der Waals surface area contributed by atoms with Gasteiger partial charge >= 0.3 is 6.03 Å². The molecule has 0 aliphatic carbocycles. The molecule has 1 aliphatic heterocycles. The number of carbonyl (C=O) groups is 1. The Hall–Kier alpha value is -2.97. The van der Waals surface area contributed by atoms with Crippen molar-refractivity contribution in [3.05, 3.63) is 72.3 Å². The number of anilines is 1. The molecule has 0 radical (unpaired) electrons. The van der Waals surface area contributed by atoms with E-state index in [0.29, 0.717) is 11.4 Å². The molecular weight excluding hydrogens is 396 g/mol.